The van der Waals surface area contributed by atoms with E-state index in [9.17, 15) is 4.79 Å². The zero-order valence-electron chi connectivity index (χ0n) is 13.7. The van der Waals surface area contributed by atoms with Gasteiger partial charge in [0.1, 0.15) is 5.75 Å². The molecule has 1 heterocycles. The minimum Gasteiger partial charge on any atom is -0.497 e. The monoisotopic (exact) mass is 323 g/mol. The highest BCUT2D eigenvalue weighted by molar-refractivity contribution is 5.89. The van der Waals surface area contributed by atoms with Crippen LogP contribution in [0.25, 0.3) is 0 Å². The van der Waals surface area contributed by atoms with Crippen molar-refractivity contribution in [3.05, 3.63) is 66.2 Å². The van der Waals surface area contributed by atoms with Gasteiger partial charge in [0.2, 0.25) is 0 Å². The summed E-state index contributed by atoms with van der Waals surface area (Å²) in [6.45, 7) is 2.40. The van der Waals surface area contributed by atoms with Crippen LogP contribution in [0.4, 0.5) is 16.2 Å². The van der Waals surface area contributed by atoms with E-state index in [-0.39, 0.29) is 6.03 Å². The fourth-order valence-electron chi connectivity index (χ4n) is 2.57. The maximum Gasteiger partial charge on any atom is 0.319 e. The van der Waals surface area contributed by atoms with Gasteiger partial charge in [-0.1, -0.05) is 30.4 Å². The van der Waals surface area contributed by atoms with E-state index in [0.717, 1.165) is 18.7 Å². The molecule has 0 spiro atoms. The van der Waals surface area contributed by atoms with Gasteiger partial charge in [0.05, 0.1) is 7.11 Å². The first-order valence-electron chi connectivity index (χ1n) is 7.92. The van der Waals surface area contributed by atoms with Gasteiger partial charge in [-0.3, -0.25) is 0 Å². The SMILES string of the molecule is COc1cccc(NC(=O)NCc2ccc(N3CC=CC3)cc2)c1. The molecule has 124 valence electrons. The van der Waals surface area contributed by atoms with Gasteiger partial charge in [-0.25, -0.2) is 4.79 Å². The van der Waals surface area contributed by atoms with Crippen LogP contribution in [0.3, 0.4) is 0 Å². The van der Waals surface area contributed by atoms with Crippen LogP contribution >= 0.6 is 0 Å². The highest BCUT2D eigenvalue weighted by atomic mass is 16.5. The summed E-state index contributed by atoms with van der Waals surface area (Å²) in [5, 5.41) is 5.65. The van der Waals surface area contributed by atoms with E-state index in [4.69, 9.17) is 4.74 Å². The number of hydrogen-bond donors (Lipinski definition) is 2. The lowest BCUT2D eigenvalue weighted by molar-refractivity contribution is 0.251. The number of amides is 2. The molecule has 0 aliphatic carbocycles. The van der Waals surface area contributed by atoms with Gasteiger partial charge in [-0.15, -0.1) is 0 Å². The molecule has 0 atom stereocenters. The van der Waals surface area contributed by atoms with Gasteiger partial charge >= 0.3 is 6.03 Å². The van der Waals surface area contributed by atoms with Crippen molar-refractivity contribution in [1.29, 1.82) is 0 Å². The predicted octanol–water partition coefficient (Wildman–Crippen LogP) is 3.39. The molecule has 0 saturated carbocycles. The summed E-state index contributed by atoms with van der Waals surface area (Å²) in [6.07, 6.45) is 4.33. The average molecular weight is 323 g/mol. The predicted molar refractivity (Wildman–Crippen MR) is 96.6 cm³/mol. The number of carbonyl (C=O) groups excluding carboxylic acids is 1. The Kier molecular flexibility index (Phi) is 5.01. The van der Waals surface area contributed by atoms with Crippen molar-refractivity contribution in [3.8, 4) is 5.75 Å². The minimum atomic E-state index is -0.240. The number of benzene rings is 2. The molecular weight excluding hydrogens is 302 g/mol. The summed E-state index contributed by atoms with van der Waals surface area (Å²) >= 11 is 0. The molecule has 2 N–H and O–H groups in total. The second-order valence-corrected chi connectivity index (χ2v) is 5.58. The Balaban J connectivity index is 1.50. The van der Waals surface area contributed by atoms with E-state index in [1.807, 2.05) is 30.3 Å². The van der Waals surface area contributed by atoms with E-state index in [2.05, 4.69) is 39.8 Å². The second-order valence-electron chi connectivity index (χ2n) is 5.58. The number of urea groups is 1. The maximum absolute atomic E-state index is 12.0. The molecule has 0 radical (unpaired) electrons. The lowest BCUT2D eigenvalue weighted by Crippen LogP contribution is -2.28. The van der Waals surface area contributed by atoms with Crippen molar-refractivity contribution < 1.29 is 9.53 Å². The lowest BCUT2D eigenvalue weighted by Gasteiger charge is -2.17. The Labute approximate surface area is 141 Å². The first kappa shape index (κ1) is 15.9. The number of nitrogens with one attached hydrogen (secondary N) is 2. The van der Waals surface area contributed by atoms with E-state index in [1.165, 1.54) is 5.69 Å². The number of hydrogen-bond acceptors (Lipinski definition) is 3. The third-order valence-electron chi connectivity index (χ3n) is 3.90. The summed E-state index contributed by atoms with van der Waals surface area (Å²) in [5.41, 5.74) is 2.96. The number of methoxy groups -OCH3 is 1. The highest BCUT2D eigenvalue weighted by Crippen LogP contribution is 2.18. The summed E-state index contributed by atoms with van der Waals surface area (Å²) in [6, 6.07) is 15.3. The first-order chi connectivity index (χ1) is 11.7. The minimum absolute atomic E-state index is 0.240. The van der Waals surface area contributed by atoms with Crippen molar-refractivity contribution in [3.63, 3.8) is 0 Å². The summed E-state index contributed by atoms with van der Waals surface area (Å²) in [7, 11) is 1.60. The van der Waals surface area contributed by atoms with Crippen LogP contribution < -0.4 is 20.3 Å². The standard InChI is InChI=1S/C19H21N3O2/c1-24-18-6-4-5-16(13-18)21-19(23)20-14-15-7-9-17(10-8-15)22-11-2-3-12-22/h2-10,13H,11-12,14H2,1H3,(H2,20,21,23). The molecule has 0 aromatic heterocycles. The molecule has 1 aliphatic rings. The summed E-state index contributed by atoms with van der Waals surface area (Å²) in [4.78, 5) is 14.3. The third kappa shape index (κ3) is 4.07. The molecule has 2 aromatic rings. The molecule has 24 heavy (non-hydrogen) atoms. The van der Waals surface area contributed by atoms with Crippen molar-refractivity contribution in [2.75, 3.05) is 30.4 Å². The molecule has 3 rings (SSSR count). The maximum atomic E-state index is 12.0. The van der Waals surface area contributed by atoms with E-state index in [1.54, 1.807) is 13.2 Å². The van der Waals surface area contributed by atoms with Crippen LogP contribution in [0.1, 0.15) is 5.56 Å². The zero-order chi connectivity index (χ0) is 16.8. The van der Waals surface area contributed by atoms with Crippen LogP contribution in [0.15, 0.2) is 60.7 Å². The van der Waals surface area contributed by atoms with Gasteiger partial charge in [0.25, 0.3) is 0 Å². The number of carbonyl (C=O) groups is 1. The highest BCUT2D eigenvalue weighted by Gasteiger charge is 2.07. The van der Waals surface area contributed by atoms with Crippen LogP contribution in [0, 0.1) is 0 Å². The Bertz CT molecular complexity index is 718. The normalized spacial score (nSPS) is 13.0. The van der Waals surface area contributed by atoms with Gasteiger partial charge in [0.15, 0.2) is 0 Å². The molecule has 0 bridgehead atoms. The Morgan fingerprint density at radius 2 is 1.88 bits per heavy atom. The average Bonchev–Trinajstić information content (AvgIpc) is 3.15. The second kappa shape index (κ2) is 7.55. The van der Waals surface area contributed by atoms with Gasteiger partial charge in [-0.05, 0) is 29.8 Å². The van der Waals surface area contributed by atoms with Gasteiger partial charge < -0.3 is 20.3 Å². The number of ether oxygens (including phenoxy) is 1. The lowest BCUT2D eigenvalue weighted by atomic mass is 10.2. The van der Waals surface area contributed by atoms with E-state index < -0.39 is 0 Å². The smallest absolute Gasteiger partial charge is 0.319 e. The number of nitrogens with zero attached hydrogens (tertiary/aromatic N) is 1. The fraction of sp³-hybridized carbons (Fsp3) is 0.211. The topological polar surface area (TPSA) is 53.6 Å². The van der Waals surface area contributed by atoms with Crippen molar-refractivity contribution in [2.24, 2.45) is 0 Å². The zero-order valence-corrected chi connectivity index (χ0v) is 13.7. The molecule has 2 amide bonds. The Morgan fingerprint density at radius 3 is 2.58 bits per heavy atom. The van der Waals surface area contributed by atoms with Gasteiger partial charge in [0, 0.05) is 37.1 Å². The largest absolute Gasteiger partial charge is 0.497 e. The Hall–Kier alpha value is -2.95. The molecule has 1 aliphatic heterocycles. The van der Waals surface area contributed by atoms with E-state index in [0.29, 0.717) is 18.0 Å². The number of anilines is 2. The van der Waals surface area contributed by atoms with Crippen LogP contribution in [0.5, 0.6) is 5.75 Å². The van der Waals surface area contributed by atoms with Crippen LogP contribution in [0.2, 0.25) is 0 Å². The van der Waals surface area contributed by atoms with Crippen LogP contribution in [-0.2, 0) is 6.54 Å². The number of rotatable bonds is 5. The quantitative estimate of drug-likeness (QED) is 0.829. The fourth-order valence-corrected chi connectivity index (χ4v) is 2.57. The van der Waals surface area contributed by atoms with Crippen molar-refractivity contribution in [2.45, 2.75) is 6.54 Å². The van der Waals surface area contributed by atoms with Gasteiger partial charge in [-0.2, -0.15) is 0 Å². The molecule has 0 fully saturated rings. The molecular formula is C19H21N3O2. The van der Waals surface area contributed by atoms with Crippen molar-refractivity contribution in [1.82, 2.24) is 5.32 Å². The van der Waals surface area contributed by atoms with Crippen molar-refractivity contribution >= 4 is 17.4 Å². The summed E-state index contributed by atoms with van der Waals surface area (Å²) in [5.74, 6) is 0.708. The van der Waals surface area contributed by atoms with Crippen LogP contribution in [-0.4, -0.2) is 26.2 Å². The molecule has 2 aromatic carbocycles. The molecule has 5 nitrogen and oxygen atoms in total. The first-order valence-corrected chi connectivity index (χ1v) is 7.92. The van der Waals surface area contributed by atoms with E-state index >= 15 is 0 Å². The molecule has 0 unspecified atom stereocenters. The molecule has 0 saturated heterocycles. The molecule has 5 heteroatoms. The summed E-state index contributed by atoms with van der Waals surface area (Å²) < 4.78 is 5.14. The third-order valence-corrected chi connectivity index (χ3v) is 3.90. The Morgan fingerprint density at radius 1 is 1.12 bits per heavy atom.